The zero-order valence-corrected chi connectivity index (χ0v) is 21.3. The van der Waals surface area contributed by atoms with Crippen molar-refractivity contribution in [1.82, 2.24) is 0 Å². The summed E-state index contributed by atoms with van der Waals surface area (Å²) in [5.41, 5.74) is -2.94. The first-order valence-corrected chi connectivity index (χ1v) is 13.3. The Kier molecular flexibility index (Phi) is 6.26. The summed E-state index contributed by atoms with van der Waals surface area (Å²) in [6, 6.07) is 9.97. The van der Waals surface area contributed by atoms with Gasteiger partial charge in [0.1, 0.15) is 12.3 Å². The first kappa shape index (κ1) is 25.3. The van der Waals surface area contributed by atoms with Crippen LogP contribution in [0.15, 0.2) is 54.1 Å². The molecule has 0 aromatic heterocycles. The summed E-state index contributed by atoms with van der Waals surface area (Å²) in [6.45, 7) is 5.39. The van der Waals surface area contributed by atoms with Crippen molar-refractivity contribution in [2.45, 2.75) is 83.3 Å². The van der Waals surface area contributed by atoms with E-state index in [9.17, 15) is 14.7 Å². The molecule has 3 saturated carbocycles. The number of aryl methyl sites for hydroxylation is 1. The number of aliphatic hydroxyl groups excluding tert-OH is 1. The Bertz CT molecular complexity index is 1100. The Morgan fingerprint density at radius 1 is 1.19 bits per heavy atom. The minimum atomic E-state index is -2.12. The van der Waals surface area contributed by atoms with Crippen molar-refractivity contribution in [2.24, 2.45) is 28.6 Å². The van der Waals surface area contributed by atoms with E-state index in [0.29, 0.717) is 19.3 Å². The van der Waals surface area contributed by atoms with Crippen LogP contribution < -0.4 is 0 Å². The fraction of sp³-hybridized carbons (Fsp3) is 0.600. The molecule has 6 heteroatoms. The average Bonchev–Trinajstić information content (AvgIpc) is 3.12. The second-order valence-electron chi connectivity index (χ2n) is 11.6. The van der Waals surface area contributed by atoms with Crippen LogP contribution in [-0.4, -0.2) is 40.9 Å². The second-order valence-corrected chi connectivity index (χ2v) is 11.6. The third kappa shape index (κ3) is 3.54. The molecule has 0 saturated heterocycles. The molecule has 1 aromatic carbocycles. The number of rotatable bonds is 5. The number of halogens is 2. The third-order valence-corrected chi connectivity index (χ3v) is 9.87. The Hall–Kier alpha value is -2.34. The van der Waals surface area contributed by atoms with Crippen LogP contribution in [0.5, 0.6) is 0 Å². The molecule has 3 fully saturated rings. The van der Waals surface area contributed by atoms with Gasteiger partial charge < -0.3 is 9.84 Å². The number of allylic oxidation sites excluding steroid dienone is 4. The van der Waals surface area contributed by atoms with Crippen molar-refractivity contribution < 1.29 is 28.2 Å². The molecule has 36 heavy (non-hydrogen) atoms. The Balaban J connectivity index is 1.59. The van der Waals surface area contributed by atoms with Crippen molar-refractivity contribution in [3.63, 3.8) is 0 Å². The van der Waals surface area contributed by atoms with Gasteiger partial charge in [0.2, 0.25) is 0 Å². The smallest absolute Gasteiger partial charge is 0.305 e. The molecule has 0 spiro atoms. The fourth-order valence-corrected chi connectivity index (χ4v) is 8.21. The number of benzene rings is 1. The topological polar surface area (TPSA) is 63.6 Å². The monoisotopic (exact) mass is 498 g/mol. The maximum atomic E-state index is 17.5. The van der Waals surface area contributed by atoms with Gasteiger partial charge in [-0.1, -0.05) is 50.3 Å². The van der Waals surface area contributed by atoms with E-state index in [1.807, 2.05) is 37.3 Å². The normalized spacial score (nSPS) is 43.3. The van der Waals surface area contributed by atoms with E-state index < -0.39 is 40.8 Å². The third-order valence-electron chi connectivity index (χ3n) is 9.87. The first-order valence-electron chi connectivity index (χ1n) is 13.3. The van der Waals surface area contributed by atoms with Gasteiger partial charge in [-0.25, -0.2) is 8.78 Å². The van der Waals surface area contributed by atoms with Gasteiger partial charge >= 0.3 is 5.97 Å². The zero-order chi connectivity index (χ0) is 25.9. The number of esters is 1. The number of fused-ring (bicyclic) bond motifs is 5. The molecule has 194 valence electrons. The molecule has 0 heterocycles. The van der Waals surface area contributed by atoms with Gasteiger partial charge in [0.15, 0.2) is 11.5 Å². The van der Waals surface area contributed by atoms with Gasteiger partial charge in [0.05, 0.1) is 6.10 Å². The van der Waals surface area contributed by atoms with Crippen LogP contribution in [0.1, 0.15) is 58.4 Å². The summed E-state index contributed by atoms with van der Waals surface area (Å²) in [6.07, 6.45) is 2.84. The SMILES string of the molecule is CCC(=O)O[C@@H]1[C@H](C)C[C@H]2[C@@H]3C[C@H](F)C4=CC(=O)C=C[C@]4(C)[C@@]3(F)[C@@H](O)C[C@]12CCc1ccccc1. The summed E-state index contributed by atoms with van der Waals surface area (Å²) >= 11 is 0. The Morgan fingerprint density at radius 2 is 1.92 bits per heavy atom. The van der Waals surface area contributed by atoms with Crippen LogP contribution in [0.25, 0.3) is 0 Å². The minimum absolute atomic E-state index is 0.0397. The summed E-state index contributed by atoms with van der Waals surface area (Å²) in [4.78, 5) is 24.5. The molecule has 0 amide bonds. The Labute approximate surface area is 211 Å². The number of alkyl halides is 2. The van der Waals surface area contributed by atoms with Crippen molar-refractivity contribution in [1.29, 1.82) is 0 Å². The van der Waals surface area contributed by atoms with E-state index in [2.05, 4.69) is 0 Å². The number of carbonyl (C=O) groups excluding carboxylic acids is 2. The number of ether oxygens (including phenoxy) is 1. The minimum Gasteiger partial charge on any atom is -0.461 e. The molecule has 9 atom stereocenters. The number of aliphatic hydroxyl groups is 1. The predicted molar refractivity (Wildman–Crippen MR) is 132 cm³/mol. The summed E-state index contributed by atoms with van der Waals surface area (Å²) in [5.74, 6) is -1.73. The quantitative estimate of drug-likeness (QED) is 0.546. The van der Waals surface area contributed by atoms with Crippen molar-refractivity contribution in [2.75, 3.05) is 0 Å². The second kappa shape index (κ2) is 8.90. The van der Waals surface area contributed by atoms with E-state index in [1.54, 1.807) is 13.8 Å². The van der Waals surface area contributed by atoms with Gasteiger partial charge in [-0.3, -0.25) is 9.59 Å². The number of hydrogen-bond acceptors (Lipinski definition) is 4. The highest BCUT2D eigenvalue weighted by Crippen LogP contribution is 2.70. The molecule has 4 aliphatic carbocycles. The highest BCUT2D eigenvalue weighted by atomic mass is 19.1. The maximum absolute atomic E-state index is 17.5. The van der Waals surface area contributed by atoms with Gasteiger partial charge in [-0.2, -0.15) is 0 Å². The number of ketones is 1. The fourth-order valence-electron chi connectivity index (χ4n) is 8.21. The van der Waals surface area contributed by atoms with Crippen LogP contribution in [0.3, 0.4) is 0 Å². The lowest BCUT2D eigenvalue weighted by molar-refractivity contribution is -0.217. The molecule has 0 radical (unpaired) electrons. The molecule has 0 aliphatic heterocycles. The molecular formula is C30H36F2O4. The lowest BCUT2D eigenvalue weighted by Gasteiger charge is -2.62. The summed E-state index contributed by atoms with van der Waals surface area (Å²) in [5, 5.41) is 11.6. The van der Waals surface area contributed by atoms with Gasteiger partial charge in [-0.05, 0) is 74.2 Å². The molecule has 5 rings (SSSR count). The Morgan fingerprint density at radius 3 is 2.61 bits per heavy atom. The number of hydrogen-bond donors (Lipinski definition) is 1. The lowest BCUT2D eigenvalue weighted by atomic mass is 9.44. The van der Waals surface area contributed by atoms with Crippen molar-refractivity contribution in [3.05, 3.63) is 59.7 Å². The highest BCUT2D eigenvalue weighted by Gasteiger charge is 2.74. The largest absolute Gasteiger partial charge is 0.461 e. The molecule has 1 N–H and O–H groups in total. The molecule has 1 aromatic rings. The average molecular weight is 499 g/mol. The standard InChI is InChI=1S/C30H36F2O4/c1-4-26(35)36-27-18(2)14-21-22-16-24(31)23-15-20(33)11-12-28(23,3)30(22,32)25(34)17-29(21,27)13-10-19-8-6-5-7-9-19/h5-9,11-12,15,18,21-22,24-25,27,34H,4,10,13-14,16-17H2,1-3H3/t18-,21+,22+,24+,25+,27-,28+,29+,30+/m1/s1. The van der Waals surface area contributed by atoms with Crippen LogP contribution in [0.4, 0.5) is 8.78 Å². The molecule has 4 nitrogen and oxygen atoms in total. The molecule has 0 unspecified atom stereocenters. The van der Waals surface area contributed by atoms with Gasteiger partial charge in [-0.15, -0.1) is 0 Å². The van der Waals surface area contributed by atoms with Crippen LogP contribution >= 0.6 is 0 Å². The van der Waals surface area contributed by atoms with E-state index in [4.69, 9.17) is 4.74 Å². The first-order chi connectivity index (χ1) is 17.1. The summed E-state index contributed by atoms with van der Waals surface area (Å²) in [7, 11) is 0. The zero-order valence-electron chi connectivity index (χ0n) is 21.3. The van der Waals surface area contributed by atoms with Crippen LogP contribution in [-0.2, 0) is 20.7 Å². The van der Waals surface area contributed by atoms with Gasteiger partial charge in [0, 0.05) is 23.2 Å². The summed E-state index contributed by atoms with van der Waals surface area (Å²) < 4.78 is 39.2. The van der Waals surface area contributed by atoms with Crippen LogP contribution in [0, 0.1) is 28.6 Å². The maximum Gasteiger partial charge on any atom is 0.305 e. The van der Waals surface area contributed by atoms with E-state index in [-0.39, 0.29) is 48.4 Å². The van der Waals surface area contributed by atoms with E-state index >= 15 is 8.78 Å². The van der Waals surface area contributed by atoms with Gasteiger partial charge in [0.25, 0.3) is 0 Å². The molecule has 0 bridgehead atoms. The van der Waals surface area contributed by atoms with E-state index in [0.717, 1.165) is 5.56 Å². The number of carbonyl (C=O) groups is 2. The van der Waals surface area contributed by atoms with Crippen LogP contribution in [0.2, 0.25) is 0 Å². The highest BCUT2D eigenvalue weighted by molar-refractivity contribution is 6.01. The lowest BCUT2D eigenvalue weighted by Crippen LogP contribution is -2.69. The van der Waals surface area contributed by atoms with Crippen molar-refractivity contribution >= 4 is 11.8 Å². The molecule has 4 aliphatic rings. The van der Waals surface area contributed by atoms with Crippen molar-refractivity contribution in [3.8, 4) is 0 Å². The van der Waals surface area contributed by atoms with E-state index in [1.165, 1.54) is 18.2 Å². The predicted octanol–water partition coefficient (Wildman–Crippen LogP) is 5.49. The molecular weight excluding hydrogens is 462 g/mol.